The number of carbonyl (C=O) groups excluding carboxylic acids is 1. The van der Waals surface area contributed by atoms with E-state index in [1.807, 2.05) is 0 Å². The molecule has 3 aromatic rings. The number of halogens is 2. The average Bonchev–Trinajstić information content (AvgIpc) is 2.66. The molecule has 0 fully saturated rings. The minimum atomic E-state index is -0.496. The number of hydrogen-bond acceptors (Lipinski definition) is 6. The maximum Gasteiger partial charge on any atom is 0.338 e. The van der Waals surface area contributed by atoms with Crippen molar-refractivity contribution in [3.05, 3.63) is 71.1 Å². The Morgan fingerprint density at radius 2 is 1.85 bits per heavy atom. The molecular weight excluding hydrogens is 371 g/mol. The highest BCUT2D eigenvalue weighted by Crippen LogP contribution is 2.22. The molecule has 2 N–H and O–H groups in total. The van der Waals surface area contributed by atoms with Crippen LogP contribution in [0.25, 0.3) is 0 Å². The second-order valence-electron chi connectivity index (χ2n) is 5.44. The summed E-state index contributed by atoms with van der Waals surface area (Å²) in [6.45, 7) is 2.09. The van der Waals surface area contributed by atoms with E-state index in [9.17, 15) is 9.18 Å². The summed E-state index contributed by atoms with van der Waals surface area (Å²) in [6.07, 6.45) is 1.58. The molecule has 1 heterocycles. The van der Waals surface area contributed by atoms with E-state index < -0.39 is 5.82 Å². The zero-order valence-electron chi connectivity index (χ0n) is 14.4. The molecule has 1 aromatic heterocycles. The van der Waals surface area contributed by atoms with E-state index in [0.29, 0.717) is 29.6 Å². The molecule has 0 amide bonds. The summed E-state index contributed by atoms with van der Waals surface area (Å²) in [7, 11) is 0. The fourth-order valence-corrected chi connectivity index (χ4v) is 2.42. The smallest absolute Gasteiger partial charge is 0.338 e. The van der Waals surface area contributed by atoms with Crippen molar-refractivity contribution >= 4 is 40.7 Å². The summed E-state index contributed by atoms with van der Waals surface area (Å²) >= 11 is 5.77. The van der Waals surface area contributed by atoms with E-state index in [1.54, 1.807) is 49.5 Å². The summed E-state index contributed by atoms with van der Waals surface area (Å²) in [5.74, 6) is 0.00996. The topological polar surface area (TPSA) is 76.1 Å². The third-order valence-corrected chi connectivity index (χ3v) is 3.79. The van der Waals surface area contributed by atoms with E-state index in [0.717, 1.165) is 5.69 Å². The molecule has 0 aliphatic rings. The Kier molecular flexibility index (Phi) is 5.83. The molecule has 2 aromatic carbocycles. The van der Waals surface area contributed by atoms with Gasteiger partial charge in [0.1, 0.15) is 11.6 Å². The van der Waals surface area contributed by atoms with Crippen LogP contribution in [0.1, 0.15) is 17.3 Å². The van der Waals surface area contributed by atoms with Crippen LogP contribution in [0.4, 0.5) is 27.5 Å². The van der Waals surface area contributed by atoms with Gasteiger partial charge in [0.25, 0.3) is 0 Å². The van der Waals surface area contributed by atoms with Gasteiger partial charge in [-0.2, -0.15) is 4.98 Å². The van der Waals surface area contributed by atoms with Gasteiger partial charge in [0.2, 0.25) is 5.95 Å². The van der Waals surface area contributed by atoms with Crippen LogP contribution >= 0.6 is 11.6 Å². The van der Waals surface area contributed by atoms with E-state index in [1.165, 1.54) is 12.1 Å². The molecule has 6 nitrogen and oxygen atoms in total. The number of esters is 1. The molecule has 27 heavy (non-hydrogen) atoms. The minimum Gasteiger partial charge on any atom is -0.462 e. The molecule has 0 saturated carbocycles. The van der Waals surface area contributed by atoms with Crippen LogP contribution < -0.4 is 10.6 Å². The van der Waals surface area contributed by atoms with Gasteiger partial charge in [-0.05, 0) is 55.5 Å². The Hall–Kier alpha value is -3.19. The second kappa shape index (κ2) is 8.46. The van der Waals surface area contributed by atoms with E-state index in [-0.39, 0.29) is 11.0 Å². The largest absolute Gasteiger partial charge is 0.462 e. The number of rotatable bonds is 6. The lowest BCUT2D eigenvalue weighted by molar-refractivity contribution is 0.0526. The zero-order chi connectivity index (χ0) is 19.2. The highest BCUT2D eigenvalue weighted by atomic mass is 35.5. The highest BCUT2D eigenvalue weighted by molar-refractivity contribution is 6.31. The molecule has 0 bridgehead atoms. The van der Waals surface area contributed by atoms with Crippen molar-refractivity contribution in [2.45, 2.75) is 6.92 Å². The van der Waals surface area contributed by atoms with Gasteiger partial charge in [0.15, 0.2) is 0 Å². The van der Waals surface area contributed by atoms with Gasteiger partial charge in [-0.1, -0.05) is 11.6 Å². The summed E-state index contributed by atoms with van der Waals surface area (Å²) < 4.78 is 18.2. The van der Waals surface area contributed by atoms with Crippen LogP contribution in [0.15, 0.2) is 54.7 Å². The summed E-state index contributed by atoms with van der Waals surface area (Å²) in [4.78, 5) is 20.1. The van der Waals surface area contributed by atoms with Crippen molar-refractivity contribution < 1.29 is 13.9 Å². The summed E-state index contributed by atoms with van der Waals surface area (Å²) in [6, 6.07) is 12.8. The standard InChI is InChI=1S/C19H16ClFN4O2/c1-2-27-18(26)12-3-5-13(6-4-12)23-17-9-10-22-19(25-17)24-14-7-8-16(21)15(20)11-14/h3-11H,2H2,1H3,(H2,22,23,24,25). The molecule has 3 rings (SSSR count). The SMILES string of the molecule is CCOC(=O)c1ccc(Nc2ccnc(Nc3ccc(F)c(Cl)c3)n2)cc1. The monoisotopic (exact) mass is 386 g/mol. The van der Waals surface area contributed by atoms with Crippen LogP contribution in [-0.2, 0) is 4.74 Å². The Balaban J connectivity index is 1.70. The lowest BCUT2D eigenvalue weighted by atomic mass is 10.2. The Labute approximate surface area is 160 Å². The zero-order valence-corrected chi connectivity index (χ0v) is 15.1. The van der Waals surface area contributed by atoms with Gasteiger partial charge < -0.3 is 15.4 Å². The number of ether oxygens (including phenoxy) is 1. The third-order valence-electron chi connectivity index (χ3n) is 3.50. The summed E-state index contributed by atoms with van der Waals surface area (Å²) in [5, 5.41) is 6.09. The molecule has 0 radical (unpaired) electrons. The molecule has 0 spiro atoms. The molecule has 0 aliphatic heterocycles. The third kappa shape index (κ3) is 4.92. The van der Waals surface area contributed by atoms with Gasteiger partial charge in [0, 0.05) is 17.6 Å². The first-order valence-electron chi connectivity index (χ1n) is 8.14. The van der Waals surface area contributed by atoms with Crippen LogP contribution in [-0.4, -0.2) is 22.5 Å². The number of nitrogens with one attached hydrogen (secondary N) is 2. The number of benzene rings is 2. The normalized spacial score (nSPS) is 10.3. The quantitative estimate of drug-likeness (QED) is 0.585. The lowest BCUT2D eigenvalue weighted by Crippen LogP contribution is -2.04. The first-order valence-corrected chi connectivity index (χ1v) is 8.52. The Bertz CT molecular complexity index is 951. The molecule has 0 saturated heterocycles. The van der Waals surface area contributed by atoms with Crippen molar-refractivity contribution in [1.82, 2.24) is 9.97 Å². The van der Waals surface area contributed by atoms with Crippen molar-refractivity contribution in [1.29, 1.82) is 0 Å². The van der Waals surface area contributed by atoms with Gasteiger partial charge in [-0.3, -0.25) is 0 Å². The average molecular weight is 387 g/mol. The number of carbonyl (C=O) groups is 1. The van der Waals surface area contributed by atoms with Crippen LogP contribution in [0.2, 0.25) is 5.02 Å². The van der Waals surface area contributed by atoms with E-state index in [4.69, 9.17) is 16.3 Å². The number of hydrogen-bond donors (Lipinski definition) is 2. The molecule has 0 aliphatic carbocycles. The first kappa shape index (κ1) is 18.6. The molecule has 8 heteroatoms. The second-order valence-corrected chi connectivity index (χ2v) is 5.85. The summed E-state index contributed by atoms with van der Waals surface area (Å²) in [5.41, 5.74) is 1.79. The first-order chi connectivity index (χ1) is 13.0. The predicted octanol–water partition coefficient (Wildman–Crippen LogP) is 4.93. The van der Waals surface area contributed by atoms with Crippen LogP contribution in [0, 0.1) is 5.82 Å². The maximum atomic E-state index is 13.2. The Morgan fingerprint density at radius 1 is 1.11 bits per heavy atom. The fraction of sp³-hybridized carbons (Fsp3) is 0.105. The molecule has 0 unspecified atom stereocenters. The molecule has 138 valence electrons. The van der Waals surface area contributed by atoms with Crippen molar-refractivity contribution in [2.75, 3.05) is 17.2 Å². The Morgan fingerprint density at radius 3 is 2.56 bits per heavy atom. The van der Waals surface area contributed by atoms with Crippen LogP contribution in [0.5, 0.6) is 0 Å². The van der Waals surface area contributed by atoms with E-state index >= 15 is 0 Å². The van der Waals surface area contributed by atoms with Crippen molar-refractivity contribution in [3.8, 4) is 0 Å². The number of aromatic nitrogens is 2. The highest BCUT2D eigenvalue weighted by Gasteiger charge is 2.07. The molecule has 0 atom stereocenters. The number of nitrogens with zero attached hydrogens (tertiary/aromatic N) is 2. The lowest BCUT2D eigenvalue weighted by Gasteiger charge is -2.09. The van der Waals surface area contributed by atoms with Gasteiger partial charge in [-0.15, -0.1) is 0 Å². The van der Waals surface area contributed by atoms with Gasteiger partial charge >= 0.3 is 5.97 Å². The van der Waals surface area contributed by atoms with Crippen LogP contribution in [0.3, 0.4) is 0 Å². The van der Waals surface area contributed by atoms with Gasteiger partial charge in [-0.25, -0.2) is 14.2 Å². The van der Waals surface area contributed by atoms with Crippen molar-refractivity contribution in [2.24, 2.45) is 0 Å². The fourth-order valence-electron chi connectivity index (χ4n) is 2.24. The maximum absolute atomic E-state index is 13.2. The predicted molar refractivity (Wildman–Crippen MR) is 102 cm³/mol. The van der Waals surface area contributed by atoms with Gasteiger partial charge in [0.05, 0.1) is 17.2 Å². The van der Waals surface area contributed by atoms with Crippen molar-refractivity contribution in [3.63, 3.8) is 0 Å². The minimum absolute atomic E-state index is 0.0102. The number of anilines is 4. The van der Waals surface area contributed by atoms with E-state index in [2.05, 4.69) is 20.6 Å². The molecular formula is C19H16ClFN4O2.